The molecule has 0 bridgehead atoms. The summed E-state index contributed by atoms with van der Waals surface area (Å²) in [6, 6.07) is 4.64. The molecule has 1 aromatic rings. The van der Waals surface area contributed by atoms with Crippen molar-refractivity contribution in [3.8, 4) is 6.07 Å². The van der Waals surface area contributed by atoms with Crippen LogP contribution < -0.4 is 5.32 Å². The highest BCUT2D eigenvalue weighted by Crippen LogP contribution is 2.23. The predicted molar refractivity (Wildman–Crippen MR) is 73.2 cm³/mol. The van der Waals surface area contributed by atoms with Crippen LogP contribution in [-0.4, -0.2) is 16.9 Å². The molecule has 2 rings (SSSR count). The molecule has 0 aromatic carbocycles. The molecule has 0 radical (unpaired) electrons. The van der Waals surface area contributed by atoms with Crippen LogP contribution in [-0.2, 0) is 11.2 Å². The van der Waals surface area contributed by atoms with E-state index in [9.17, 15) is 4.79 Å². The van der Waals surface area contributed by atoms with E-state index in [1.54, 1.807) is 0 Å². The van der Waals surface area contributed by atoms with Crippen molar-refractivity contribution in [2.45, 2.75) is 51.0 Å². The highest BCUT2D eigenvalue weighted by Gasteiger charge is 2.21. The largest absolute Gasteiger partial charge is 0.367 e. The Balaban J connectivity index is 1.61. The van der Waals surface area contributed by atoms with Crippen LogP contribution in [0.5, 0.6) is 0 Å². The smallest absolute Gasteiger partial charge is 0.220 e. The monoisotopic (exact) mass is 259 g/mol. The van der Waals surface area contributed by atoms with E-state index in [0.717, 1.165) is 38.5 Å². The Bertz CT molecular complexity index is 425. The zero-order valence-electron chi connectivity index (χ0n) is 11.2. The Hall–Kier alpha value is -1.76. The molecule has 1 amide bonds. The zero-order chi connectivity index (χ0) is 13.5. The first-order chi connectivity index (χ1) is 9.28. The van der Waals surface area contributed by atoms with E-state index in [1.807, 2.05) is 18.5 Å². The Morgan fingerprint density at radius 1 is 1.42 bits per heavy atom. The highest BCUT2D eigenvalue weighted by molar-refractivity contribution is 5.76. The van der Waals surface area contributed by atoms with Crippen LogP contribution >= 0.6 is 0 Å². The third kappa shape index (κ3) is 4.44. The van der Waals surface area contributed by atoms with Gasteiger partial charge in [0, 0.05) is 30.8 Å². The molecule has 0 aliphatic heterocycles. The number of aryl methyl sites for hydroxylation is 1. The van der Waals surface area contributed by atoms with Gasteiger partial charge in [0.05, 0.1) is 6.07 Å². The second-order valence-corrected chi connectivity index (χ2v) is 5.32. The maximum atomic E-state index is 11.8. The summed E-state index contributed by atoms with van der Waals surface area (Å²) in [5.74, 6) is 0.345. The Morgan fingerprint density at radius 3 is 2.84 bits per heavy atom. The molecule has 1 aliphatic carbocycles. The minimum absolute atomic E-state index is 0.149. The summed E-state index contributed by atoms with van der Waals surface area (Å²) in [4.78, 5) is 14.8. The van der Waals surface area contributed by atoms with E-state index in [0.29, 0.717) is 6.42 Å². The lowest BCUT2D eigenvalue weighted by atomic mass is 9.87. The van der Waals surface area contributed by atoms with Crippen LogP contribution in [0.1, 0.15) is 44.1 Å². The molecule has 0 spiro atoms. The normalized spacial score (nSPS) is 22.7. The molecule has 1 fully saturated rings. The number of nitrogens with one attached hydrogen (secondary N) is 2. The van der Waals surface area contributed by atoms with Crippen LogP contribution in [0.4, 0.5) is 0 Å². The number of hydrogen-bond acceptors (Lipinski definition) is 2. The molecular formula is C15H21N3O. The van der Waals surface area contributed by atoms with Gasteiger partial charge in [-0.3, -0.25) is 4.79 Å². The second-order valence-electron chi connectivity index (χ2n) is 5.32. The summed E-state index contributed by atoms with van der Waals surface area (Å²) in [7, 11) is 0. The SMILES string of the molecule is N#CC1CCC(NC(=O)CCCc2cc[nH]c2)CC1. The van der Waals surface area contributed by atoms with Crippen molar-refractivity contribution >= 4 is 5.91 Å². The molecule has 1 aliphatic rings. The lowest BCUT2D eigenvalue weighted by Crippen LogP contribution is -2.37. The van der Waals surface area contributed by atoms with Gasteiger partial charge in [0.2, 0.25) is 5.91 Å². The third-order valence-electron chi connectivity index (χ3n) is 3.81. The Labute approximate surface area is 114 Å². The van der Waals surface area contributed by atoms with Gasteiger partial charge in [-0.2, -0.15) is 5.26 Å². The molecule has 0 saturated heterocycles. The number of nitrogens with zero attached hydrogens (tertiary/aromatic N) is 1. The first kappa shape index (κ1) is 13.7. The fourth-order valence-electron chi connectivity index (χ4n) is 2.63. The lowest BCUT2D eigenvalue weighted by molar-refractivity contribution is -0.122. The first-order valence-electron chi connectivity index (χ1n) is 7.08. The summed E-state index contributed by atoms with van der Waals surface area (Å²) >= 11 is 0. The van der Waals surface area contributed by atoms with Gasteiger partial charge in [-0.1, -0.05) is 0 Å². The number of H-pyrrole nitrogens is 1. The number of nitriles is 1. The molecule has 0 atom stereocenters. The fourth-order valence-corrected chi connectivity index (χ4v) is 2.63. The van der Waals surface area contributed by atoms with Crippen molar-refractivity contribution in [2.24, 2.45) is 5.92 Å². The minimum Gasteiger partial charge on any atom is -0.367 e. The van der Waals surface area contributed by atoms with Gasteiger partial charge in [-0.15, -0.1) is 0 Å². The van der Waals surface area contributed by atoms with E-state index in [1.165, 1.54) is 5.56 Å². The van der Waals surface area contributed by atoms with Gasteiger partial charge < -0.3 is 10.3 Å². The van der Waals surface area contributed by atoms with Crippen molar-refractivity contribution in [1.82, 2.24) is 10.3 Å². The van der Waals surface area contributed by atoms with Gasteiger partial charge in [-0.05, 0) is 50.2 Å². The molecular weight excluding hydrogens is 238 g/mol. The maximum Gasteiger partial charge on any atom is 0.220 e. The van der Waals surface area contributed by atoms with Gasteiger partial charge in [0.25, 0.3) is 0 Å². The summed E-state index contributed by atoms with van der Waals surface area (Å²) in [5.41, 5.74) is 1.25. The topological polar surface area (TPSA) is 68.7 Å². The van der Waals surface area contributed by atoms with Crippen LogP contribution in [0.25, 0.3) is 0 Å². The molecule has 2 N–H and O–H groups in total. The molecule has 102 valence electrons. The van der Waals surface area contributed by atoms with Crippen molar-refractivity contribution in [3.63, 3.8) is 0 Å². The summed E-state index contributed by atoms with van der Waals surface area (Å²) in [6.07, 6.45) is 10.0. The second kappa shape index (κ2) is 6.98. The number of carbonyl (C=O) groups excluding carboxylic acids is 1. The van der Waals surface area contributed by atoms with Crippen molar-refractivity contribution in [3.05, 3.63) is 24.0 Å². The van der Waals surface area contributed by atoms with Gasteiger partial charge in [0.15, 0.2) is 0 Å². The number of carbonyl (C=O) groups is 1. The molecule has 19 heavy (non-hydrogen) atoms. The molecule has 1 aromatic heterocycles. The maximum absolute atomic E-state index is 11.8. The zero-order valence-corrected chi connectivity index (χ0v) is 11.2. The van der Waals surface area contributed by atoms with Crippen molar-refractivity contribution < 1.29 is 4.79 Å². The molecule has 1 heterocycles. The van der Waals surface area contributed by atoms with E-state index < -0.39 is 0 Å². The van der Waals surface area contributed by atoms with E-state index >= 15 is 0 Å². The number of amides is 1. The number of aromatic amines is 1. The predicted octanol–water partition coefficient (Wildman–Crippen LogP) is 2.54. The highest BCUT2D eigenvalue weighted by atomic mass is 16.1. The molecule has 4 nitrogen and oxygen atoms in total. The number of rotatable bonds is 5. The Morgan fingerprint density at radius 2 is 2.21 bits per heavy atom. The van der Waals surface area contributed by atoms with Gasteiger partial charge in [-0.25, -0.2) is 0 Å². The van der Waals surface area contributed by atoms with E-state index in [2.05, 4.69) is 16.4 Å². The number of aromatic nitrogens is 1. The van der Waals surface area contributed by atoms with Crippen LogP contribution in [0.2, 0.25) is 0 Å². The van der Waals surface area contributed by atoms with Gasteiger partial charge >= 0.3 is 0 Å². The van der Waals surface area contributed by atoms with E-state index in [4.69, 9.17) is 5.26 Å². The quantitative estimate of drug-likeness (QED) is 0.853. The number of hydrogen-bond donors (Lipinski definition) is 2. The fraction of sp³-hybridized carbons (Fsp3) is 0.600. The van der Waals surface area contributed by atoms with E-state index in [-0.39, 0.29) is 17.9 Å². The third-order valence-corrected chi connectivity index (χ3v) is 3.81. The van der Waals surface area contributed by atoms with Crippen LogP contribution in [0, 0.1) is 17.2 Å². The van der Waals surface area contributed by atoms with Crippen molar-refractivity contribution in [1.29, 1.82) is 5.26 Å². The average molecular weight is 259 g/mol. The molecule has 1 saturated carbocycles. The summed E-state index contributed by atoms with van der Waals surface area (Å²) in [5, 5.41) is 11.9. The Kier molecular flexibility index (Phi) is 5.02. The molecule has 0 unspecified atom stereocenters. The standard InChI is InChI=1S/C15H21N3O/c16-10-12-4-6-14(7-5-12)18-15(19)3-1-2-13-8-9-17-11-13/h8-9,11-12,14,17H,1-7H2,(H,18,19). The van der Waals surface area contributed by atoms with Crippen molar-refractivity contribution in [2.75, 3.05) is 0 Å². The van der Waals surface area contributed by atoms with Crippen LogP contribution in [0.15, 0.2) is 18.5 Å². The summed E-state index contributed by atoms with van der Waals surface area (Å²) in [6.45, 7) is 0. The van der Waals surface area contributed by atoms with Gasteiger partial charge in [0.1, 0.15) is 0 Å². The molecule has 4 heteroatoms. The summed E-state index contributed by atoms with van der Waals surface area (Å²) < 4.78 is 0. The lowest BCUT2D eigenvalue weighted by Gasteiger charge is -2.25. The minimum atomic E-state index is 0.149. The average Bonchev–Trinajstić information content (AvgIpc) is 2.93. The first-order valence-corrected chi connectivity index (χ1v) is 7.08. The van der Waals surface area contributed by atoms with Crippen LogP contribution in [0.3, 0.4) is 0 Å².